The molecule has 0 radical (unpaired) electrons. The molecule has 7 heteroatoms. The van der Waals surface area contributed by atoms with Crippen molar-refractivity contribution in [1.82, 2.24) is 10.2 Å². The van der Waals surface area contributed by atoms with Crippen LogP contribution in [0, 0.1) is 5.92 Å². The number of hydrogen-bond acceptors (Lipinski definition) is 3. The standard InChI is InChI=1S/C9H16ClN3O3/c1-6(2)4-13(5-7(11)14)9(16)12-8(15)3-10/h6H,3-5H2,1-2H3,(H2,11,14)(H,12,15,16). The van der Waals surface area contributed by atoms with Gasteiger partial charge in [0.25, 0.3) is 0 Å². The number of alkyl halides is 1. The second-order valence-corrected chi connectivity index (χ2v) is 3.99. The van der Waals surface area contributed by atoms with Crippen molar-refractivity contribution in [3.05, 3.63) is 0 Å². The normalized spacial score (nSPS) is 10.0. The van der Waals surface area contributed by atoms with Crippen LogP contribution in [0.3, 0.4) is 0 Å². The number of carbonyl (C=O) groups is 3. The van der Waals surface area contributed by atoms with Crippen LogP contribution in [0.1, 0.15) is 13.8 Å². The summed E-state index contributed by atoms with van der Waals surface area (Å²) < 4.78 is 0. The van der Waals surface area contributed by atoms with Gasteiger partial charge in [0.05, 0.1) is 0 Å². The Balaban J connectivity index is 4.43. The SMILES string of the molecule is CC(C)CN(CC(N)=O)C(=O)NC(=O)CCl. The Kier molecular flexibility index (Phi) is 6.48. The van der Waals surface area contributed by atoms with E-state index in [1.54, 1.807) is 0 Å². The van der Waals surface area contributed by atoms with E-state index in [0.29, 0.717) is 6.54 Å². The maximum atomic E-state index is 11.5. The van der Waals surface area contributed by atoms with Crippen molar-refractivity contribution in [2.75, 3.05) is 19.0 Å². The topological polar surface area (TPSA) is 92.5 Å². The van der Waals surface area contributed by atoms with Crippen molar-refractivity contribution in [3.8, 4) is 0 Å². The molecule has 0 aromatic heterocycles. The predicted molar refractivity (Wildman–Crippen MR) is 59.9 cm³/mol. The zero-order chi connectivity index (χ0) is 12.7. The third-order valence-corrected chi connectivity index (χ3v) is 1.83. The van der Waals surface area contributed by atoms with E-state index in [4.69, 9.17) is 17.3 Å². The fraction of sp³-hybridized carbons (Fsp3) is 0.667. The second-order valence-electron chi connectivity index (χ2n) is 3.73. The Bertz CT molecular complexity index is 281. The molecule has 0 saturated carbocycles. The van der Waals surface area contributed by atoms with Crippen molar-refractivity contribution in [1.29, 1.82) is 0 Å². The van der Waals surface area contributed by atoms with E-state index < -0.39 is 17.8 Å². The minimum Gasteiger partial charge on any atom is -0.368 e. The number of halogens is 1. The average molecular weight is 250 g/mol. The largest absolute Gasteiger partial charge is 0.368 e. The molecule has 16 heavy (non-hydrogen) atoms. The molecule has 0 spiro atoms. The molecular weight excluding hydrogens is 234 g/mol. The lowest BCUT2D eigenvalue weighted by molar-refractivity contribution is -0.120. The van der Waals surface area contributed by atoms with Gasteiger partial charge in [0.1, 0.15) is 12.4 Å². The molecule has 0 aromatic rings. The first-order valence-electron chi connectivity index (χ1n) is 4.79. The van der Waals surface area contributed by atoms with Crippen LogP contribution >= 0.6 is 11.6 Å². The van der Waals surface area contributed by atoms with Gasteiger partial charge in [-0.3, -0.25) is 14.9 Å². The summed E-state index contributed by atoms with van der Waals surface area (Å²) in [5.74, 6) is -1.38. The lowest BCUT2D eigenvalue weighted by Gasteiger charge is -2.22. The first-order valence-corrected chi connectivity index (χ1v) is 5.33. The number of rotatable bonds is 5. The number of nitrogens with one attached hydrogen (secondary N) is 1. The van der Waals surface area contributed by atoms with Gasteiger partial charge >= 0.3 is 6.03 Å². The number of amides is 4. The number of urea groups is 1. The summed E-state index contributed by atoms with van der Waals surface area (Å²) in [5, 5.41) is 2.05. The molecule has 0 unspecified atom stereocenters. The molecule has 6 nitrogen and oxygen atoms in total. The van der Waals surface area contributed by atoms with E-state index in [0.717, 1.165) is 0 Å². The molecule has 0 rings (SSSR count). The zero-order valence-electron chi connectivity index (χ0n) is 9.33. The number of carbonyl (C=O) groups excluding carboxylic acids is 3. The van der Waals surface area contributed by atoms with Gasteiger partial charge in [-0.15, -0.1) is 11.6 Å². The Labute approximate surface area is 99.1 Å². The van der Waals surface area contributed by atoms with Crippen molar-refractivity contribution in [3.63, 3.8) is 0 Å². The van der Waals surface area contributed by atoms with Crippen LogP contribution in [-0.4, -0.2) is 41.7 Å². The number of hydrogen-bond donors (Lipinski definition) is 2. The molecule has 4 amide bonds. The maximum Gasteiger partial charge on any atom is 0.324 e. The molecule has 0 heterocycles. The molecular formula is C9H16ClN3O3. The molecule has 0 fully saturated rings. The summed E-state index contributed by atoms with van der Waals surface area (Å²) in [4.78, 5) is 34.3. The van der Waals surface area contributed by atoms with E-state index in [9.17, 15) is 14.4 Å². The first kappa shape index (κ1) is 14.7. The molecule has 0 bridgehead atoms. The molecule has 3 N–H and O–H groups in total. The van der Waals surface area contributed by atoms with Gasteiger partial charge < -0.3 is 10.6 Å². The zero-order valence-corrected chi connectivity index (χ0v) is 10.1. The van der Waals surface area contributed by atoms with E-state index in [1.807, 2.05) is 19.2 Å². The summed E-state index contributed by atoms with van der Waals surface area (Å²) >= 11 is 5.24. The van der Waals surface area contributed by atoms with Crippen LogP contribution in [-0.2, 0) is 9.59 Å². The van der Waals surface area contributed by atoms with E-state index in [1.165, 1.54) is 4.90 Å². The third-order valence-electron chi connectivity index (χ3n) is 1.59. The van der Waals surface area contributed by atoms with Crippen LogP contribution < -0.4 is 11.1 Å². The Hall–Kier alpha value is -1.30. The highest BCUT2D eigenvalue weighted by atomic mass is 35.5. The summed E-state index contributed by atoms with van der Waals surface area (Å²) in [7, 11) is 0. The van der Waals surface area contributed by atoms with Gasteiger partial charge in [-0.05, 0) is 5.92 Å². The number of imide groups is 1. The first-order chi connectivity index (χ1) is 7.36. The van der Waals surface area contributed by atoms with E-state index in [-0.39, 0.29) is 18.3 Å². The molecule has 0 aliphatic carbocycles. The molecule has 0 saturated heterocycles. The third kappa shape index (κ3) is 6.23. The Morgan fingerprint density at radius 2 is 1.94 bits per heavy atom. The Morgan fingerprint density at radius 1 is 1.38 bits per heavy atom. The molecule has 0 atom stereocenters. The summed E-state index contributed by atoms with van der Waals surface area (Å²) in [6.45, 7) is 3.87. The van der Waals surface area contributed by atoms with Gasteiger partial charge in [-0.1, -0.05) is 13.8 Å². The van der Waals surface area contributed by atoms with Crippen molar-refractivity contribution in [2.24, 2.45) is 11.7 Å². The van der Waals surface area contributed by atoms with Crippen molar-refractivity contribution >= 4 is 29.4 Å². The molecule has 92 valence electrons. The van der Waals surface area contributed by atoms with Gasteiger partial charge in [-0.2, -0.15) is 0 Å². The highest BCUT2D eigenvalue weighted by Crippen LogP contribution is 1.98. The number of nitrogens with two attached hydrogens (primary N) is 1. The van der Waals surface area contributed by atoms with Crippen LogP contribution in [0.2, 0.25) is 0 Å². The molecule has 0 aliphatic heterocycles. The number of nitrogens with zero attached hydrogens (tertiary/aromatic N) is 1. The minimum atomic E-state index is -0.654. The maximum absolute atomic E-state index is 11.5. The smallest absolute Gasteiger partial charge is 0.324 e. The lowest BCUT2D eigenvalue weighted by atomic mass is 10.2. The van der Waals surface area contributed by atoms with Gasteiger partial charge in [0.15, 0.2) is 0 Å². The Morgan fingerprint density at radius 3 is 2.31 bits per heavy atom. The van der Waals surface area contributed by atoms with Gasteiger partial charge in [-0.25, -0.2) is 4.79 Å². The molecule has 0 aromatic carbocycles. The lowest BCUT2D eigenvalue weighted by Crippen LogP contribution is -2.48. The highest BCUT2D eigenvalue weighted by Gasteiger charge is 2.18. The predicted octanol–water partition coefficient (Wildman–Crippen LogP) is -0.0953. The van der Waals surface area contributed by atoms with Gasteiger partial charge in [0, 0.05) is 6.54 Å². The van der Waals surface area contributed by atoms with Crippen LogP contribution in [0.15, 0.2) is 0 Å². The van der Waals surface area contributed by atoms with Crippen LogP contribution in [0.4, 0.5) is 4.79 Å². The van der Waals surface area contributed by atoms with E-state index >= 15 is 0 Å². The average Bonchev–Trinajstić information content (AvgIpc) is 2.15. The summed E-state index contributed by atoms with van der Waals surface area (Å²) in [6.07, 6.45) is 0. The minimum absolute atomic E-state index is 0.163. The van der Waals surface area contributed by atoms with Crippen molar-refractivity contribution < 1.29 is 14.4 Å². The van der Waals surface area contributed by atoms with Crippen molar-refractivity contribution in [2.45, 2.75) is 13.8 Å². The highest BCUT2D eigenvalue weighted by molar-refractivity contribution is 6.28. The van der Waals surface area contributed by atoms with E-state index in [2.05, 4.69) is 0 Å². The molecule has 0 aliphatic rings. The van der Waals surface area contributed by atoms with Crippen LogP contribution in [0.25, 0.3) is 0 Å². The number of primary amides is 1. The van der Waals surface area contributed by atoms with Crippen LogP contribution in [0.5, 0.6) is 0 Å². The second kappa shape index (κ2) is 7.05. The quantitative estimate of drug-likeness (QED) is 0.667. The summed E-state index contributed by atoms with van der Waals surface area (Å²) in [6, 6.07) is -0.654. The fourth-order valence-electron chi connectivity index (χ4n) is 1.08. The fourth-order valence-corrected chi connectivity index (χ4v) is 1.15. The summed E-state index contributed by atoms with van der Waals surface area (Å²) in [5.41, 5.74) is 5.00. The monoisotopic (exact) mass is 249 g/mol. The van der Waals surface area contributed by atoms with Gasteiger partial charge in [0.2, 0.25) is 11.8 Å².